The van der Waals surface area contributed by atoms with Crippen LogP contribution in [0.2, 0.25) is 0 Å². The van der Waals surface area contributed by atoms with Gasteiger partial charge in [0.25, 0.3) is 5.69 Å². The van der Waals surface area contributed by atoms with Gasteiger partial charge in [-0.05, 0) is 36.8 Å². The molecule has 1 aromatic rings. The molecule has 2 aliphatic carbocycles. The fourth-order valence-electron chi connectivity index (χ4n) is 3.26. The maximum absolute atomic E-state index is 12.0. The number of hydrazine groups is 1. The summed E-state index contributed by atoms with van der Waals surface area (Å²) < 4.78 is 0. The highest BCUT2D eigenvalue weighted by Gasteiger charge is 2.54. The highest BCUT2D eigenvalue weighted by atomic mass is 16.6. The molecule has 0 bridgehead atoms. The zero-order chi connectivity index (χ0) is 14.1. The third-order valence-corrected chi connectivity index (χ3v) is 4.37. The van der Waals surface area contributed by atoms with Crippen LogP contribution in [0.4, 0.5) is 11.4 Å². The molecule has 20 heavy (non-hydrogen) atoms. The Morgan fingerprint density at radius 1 is 1.15 bits per heavy atom. The number of non-ortho nitro benzene ring substituents is 1. The molecule has 6 heteroatoms. The van der Waals surface area contributed by atoms with Crippen molar-refractivity contribution in [2.75, 3.05) is 5.43 Å². The van der Waals surface area contributed by atoms with Crippen molar-refractivity contribution < 1.29 is 9.72 Å². The first-order valence-corrected chi connectivity index (χ1v) is 6.97. The van der Waals surface area contributed by atoms with Crippen molar-refractivity contribution in [3.05, 3.63) is 34.4 Å². The summed E-state index contributed by atoms with van der Waals surface area (Å²) in [5, 5.41) is 10.5. The zero-order valence-corrected chi connectivity index (χ0v) is 11.0. The summed E-state index contributed by atoms with van der Waals surface area (Å²) in [4.78, 5) is 22.1. The Labute approximate surface area is 116 Å². The Bertz CT molecular complexity index is 517. The van der Waals surface area contributed by atoms with Gasteiger partial charge in [0.2, 0.25) is 5.91 Å². The van der Waals surface area contributed by atoms with Crippen LogP contribution in [0.15, 0.2) is 24.3 Å². The molecule has 6 nitrogen and oxygen atoms in total. The van der Waals surface area contributed by atoms with Crippen molar-refractivity contribution in [2.24, 2.45) is 17.8 Å². The molecule has 2 saturated carbocycles. The number of carbonyl (C=O) groups excluding carboxylic acids is 1. The summed E-state index contributed by atoms with van der Waals surface area (Å²) in [5.74, 6) is 1.34. The molecule has 1 amide bonds. The highest BCUT2D eigenvalue weighted by molar-refractivity contribution is 5.83. The maximum Gasteiger partial charge on any atom is 0.269 e. The van der Waals surface area contributed by atoms with E-state index in [-0.39, 0.29) is 17.5 Å². The van der Waals surface area contributed by atoms with Crippen LogP contribution in [0, 0.1) is 27.9 Å². The van der Waals surface area contributed by atoms with Crippen LogP contribution < -0.4 is 10.9 Å². The number of hydrogen-bond acceptors (Lipinski definition) is 4. The minimum atomic E-state index is -0.447. The standard InChI is InChI=1S/C14H17N3O3/c18-14(13-11-3-1-2-4-12(11)13)16-15-9-5-7-10(8-6-9)17(19)20/h5-8,11-13,15H,1-4H2,(H,16,18)/t11-,12+,13?. The average Bonchev–Trinajstić information content (AvgIpc) is 3.19. The van der Waals surface area contributed by atoms with E-state index in [4.69, 9.17) is 0 Å². The fraction of sp³-hybridized carbons (Fsp3) is 0.500. The molecule has 3 atom stereocenters. The van der Waals surface area contributed by atoms with E-state index in [1.165, 1.54) is 37.8 Å². The predicted molar refractivity (Wildman–Crippen MR) is 73.8 cm³/mol. The Morgan fingerprint density at radius 2 is 1.75 bits per heavy atom. The number of nitrogens with zero attached hydrogens (tertiary/aromatic N) is 1. The molecule has 0 saturated heterocycles. The number of benzene rings is 1. The van der Waals surface area contributed by atoms with Crippen molar-refractivity contribution in [1.82, 2.24) is 5.43 Å². The quantitative estimate of drug-likeness (QED) is 0.653. The summed E-state index contributed by atoms with van der Waals surface area (Å²) in [6.07, 6.45) is 4.81. The largest absolute Gasteiger partial charge is 0.299 e. The Morgan fingerprint density at radius 3 is 2.30 bits per heavy atom. The second-order valence-electron chi connectivity index (χ2n) is 5.56. The number of amides is 1. The molecule has 0 radical (unpaired) electrons. The van der Waals surface area contributed by atoms with Gasteiger partial charge in [0, 0.05) is 18.1 Å². The number of nitrogens with one attached hydrogen (secondary N) is 2. The number of carbonyl (C=O) groups is 1. The Hall–Kier alpha value is -2.11. The van der Waals surface area contributed by atoms with Gasteiger partial charge in [-0.2, -0.15) is 0 Å². The van der Waals surface area contributed by atoms with Crippen molar-refractivity contribution in [3.63, 3.8) is 0 Å². The van der Waals surface area contributed by atoms with Crippen LogP contribution in [0.5, 0.6) is 0 Å². The molecule has 0 spiro atoms. The van der Waals surface area contributed by atoms with Crippen LogP contribution >= 0.6 is 0 Å². The third kappa shape index (κ3) is 2.45. The van der Waals surface area contributed by atoms with Crippen LogP contribution in [-0.4, -0.2) is 10.8 Å². The number of hydrogen-bond donors (Lipinski definition) is 2. The summed E-state index contributed by atoms with van der Waals surface area (Å²) in [6, 6.07) is 5.98. The molecular formula is C14H17N3O3. The monoisotopic (exact) mass is 275 g/mol. The molecule has 0 aliphatic heterocycles. The maximum atomic E-state index is 12.0. The zero-order valence-electron chi connectivity index (χ0n) is 11.0. The smallest absolute Gasteiger partial charge is 0.269 e. The van der Waals surface area contributed by atoms with Gasteiger partial charge in [-0.25, -0.2) is 0 Å². The Balaban J connectivity index is 1.52. The molecule has 2 aliphatic rings. The number of anilines is 1. The summed E-state index contributed by atoms with van der Waals surface area (Å²) in [7, 11) is 0. The third-order valence-electron chi connectivity index (χ3n) is 4.37. The molecule has 0 heterocycles. The lowest BCUT2D eigenvalue weighted by atomic mass is 10.0. The number of nitro benzene ring substituents is 1. The number of rotatable bonds is 4. The van der Waals surface area contributed by atoms with Crippen molar-refractivity contribution in [3.8, 4) is 0 Å². The van der Waals surface area contributed by atoms with Crippen LogP contribution in [-0.2, 0) is 4.79 Å². The lowest BCUT2D eigenvalue weighted by Gasteiger charge is -2.08. The topological polar surface area (TPSA) is 84.3 Å². The summed E-state index contributed by atoms with van der Waals surface area (Å²) in [5.41, 5.74) is 6.21. The Kier molecular flexibility index (Phi) is 3.30. The van der Waals surface area contributed by atoms with Gasteiger partial charge in [0.1, 0.15) is 0 Å². The van der Waals surface area contributed by atoms with Gasteiger partial charge in [-0.1, -0.05) is 12.8 Å². The summed E-state index contributed by atoms with van der Waals surface area (Å²) >= 11 is 0. The van der Waals surface area contributed by atoms with Gasteiger partial charge in [0.15, 0.2) is 0 Å². The molecule has 0 aromatic heterocycles. The van der Waals surface area contributed by atoms with E-state index in [0.717, 1.165) is 0 Å². The minimum absolute atomic E-state index is 0.0371. The van der Waals surface area contributed by atoms with Crippen molar-refractivity contribution in [1.29, 1.82) is 0 Å². The summed E-state index contributed by atoms with van der Waals surface area (Å²) in [6.45, 7) is 0. The van der Waals surface area contributed by atoms with Crippen molar-refractivity contribution >= 4 is 17.3 Å². The van der Waals surface area contributed by atoms with Gasteiger partial charge in [-0.15, -0.1) is 0 Å². The molecular weight excluding hydrogens is 258 g/mol. The van der Waals surface area contributed by atoms with Crippen LogP contribution in [0.1, 0.15) is 25.7 Å². The molecule has 106 valence electrons. The van der Waals surface area contributed by atoms with Gasteiger partial charge < -0.3 is 0 Å². The van der Waals surface area contributed by atoms with Crippen molar-refractivity contribution in [2.45, 2.75) is 25.7 Å². The van der Waals surface area contributed by atoms with E-state index >= 15 is 0 Å². The lowest BCUT2D eigenvalue weighted by Crippen LogP contribution is -2.31. The average molecular weight is 275 g/mol. The number of nitro groups is 1. The predicted octanol–water partition coefficient (Wildman–Crippen LogP) is 2.47. The first-order valence-electron chi connectivity index (χ1n) is 6.97. The van der Waals surface area contributed by atoms with Crippen LogP contribution in [0.3, 0.4) is 0 Å². The molecule has 3 rings (SSSR count). The molecule has 1 aromatic carbocycles. The SMILES string of the molecule is O=C(NNc1ccc([N+](=O)[O-])cc1)C1[C@H]2CCCC[C@@H]12. The second-order valence-corrected chi connectivity index (χ2v) is 5.56. The molecule has 2 N–H and O–H groups in total. The molecule has 1 unspecified atom stereocenters. The van der Waals surface area contributed by atoms with Gasteiger partial charge in [-0.3, -0.25) is 25.8 Å². The molecule has 2 fully saturated rings. The first kappa shape index (κ1) is 12.9. The van der Waals surface area contributed by atoms with Crippen LogP contribution in [0.25, 0.3) is 0 Å². The van der Waals surface area contributed by atoms with E-state index in [1.54, 1.807) is 12.1 Å². The number of fused-ring (bicyclic) bond motifs is 1. The fourth-order valence-corrected chi connectivity index (χ4v) is 3.26. The normalized spacial score (nSPS) is 27.3. The highest BCUT2D eigenvalue weighted by Crippen LogP contribution is 2.55. The van der Waals surface area contributed by atoms with E-state index in [9.17, 15) is 14.9 Å². The lowest BCUT2D eigenvalue weighted by molar-refractivity contribution is -0.384. The second kappa shape index (κ2) is 5.11. The van der Waals surface area contributed by atoms with Gasteiger partial charge >= 0.3 is 0 Å². The first-order chi connectivity index (χ1) is 9.66. The van der Waals surface area contributed by atoms with E-state index < -0.39 is 4.92 Å². The van der Waals surface area contributed by atoms with Gasteiger partial charge in [0.05, 0.1) is 10.6 Å². The van der Waals surface area contributed by atoms with E-state index in [0.29, 0.717) is 17.5 Å². The minimum Gasteiger partial charge on any atom is -0.299 e. The van der Waals surface area contributed by atoms with E-state index in [2.05, 4.69) is 10.9 Å². The van der Waals surface area contributed by atoms with E-state index in [1.807, 2.05) is 0 Å².